The SMILES string of the molecule is CC1(C)c2ccc(-c3cccc4c3nc(-c3cccc5c3[n-]c3ccccc35)n4-c3cccc4c3oc3ccccc34)[c-]c2N(c2ccccn2)c2ccccc21.[Pt+2]. The van der Waals surface area contributed by atoms with E-state index >= 15 is 0 Å². The van der Waals surface area contributed by atoms with Gasteiger partial charge in [0.25, 0.3) is 0 Å². The molecule has 0 fully saturated rings. The van der Waals surface area contributed by atoms with Gasteiger partial charge >= 0.3 is 21.1 Å². The van der Waals surface area contributed by atoms with Crippen LogP contribution in [0.2, 0.25) is 0 Å². The fourth-order valence-corrected chi connectivity index (χ4v) is 9.14. The van der Waals surface area contributed by atoms with Crippen LogP contribution in [0.1, 0.15) is 25.0 Å². The zero-order valence-electron chi connectivity index (χ0n) is 31.5. The van der Waals surface area contributed by atoms with E-state index < -0.39 is 0 Å². The summed E-state index contributed by atoms with van der Waals surface area (Å²) in [6.45, 7) is 4.59. The summed E-state index contributed by atoms with van der Waals surface area (Å²) in [6, 6.07) is 58.9. The molecule has 58 heavy (non-hydrogen) atoms. The maximum atomic E-state index is 6.68. The smallest absolute Gasteiger partial charge is 0.656 e. The summed E-state index contributed by atoms with van der Waals surface area (Å²) in [5, 5.41) is 4.37. The van der Waals surface area contributed by atoms with Gasteiger partial charge < -0.3 is 14.3 Å². The molecule has 1 aliphatic heterocycles. The number of imidazole rings is 1. The third-order valence-corrected chi connectivity index (χ3v) is 11.8. The minimum atomic E-state index is -0.257. The Hall–Kier alpha value is -6.75. The van der Waals surface area contributed by atoms with Crippen LogP contribution in [0, 0.1) is 6.07 Å². The first kappa shape index (κ1) is 34.5. The predicted molar refractivity (Wildman–Crippen MR) is 231 cm³/mol. The fourth-order valence-electron chi connectivity index (χ4n) is 9.14. The Morgan fingerprint density at radius 3 is 2.24 bits per heavy atom. The van der Waals surface area contributed by atoms with Gasteiger partial charge in [-0.25, -0.2) is 9.97 Å². The van der Waals surface area contributed by atoms with Gasteiger partial charge in [-0.05, 0) is 63.8 Å². The molecule has 0 radical (unpaired) electrons. The number of furan rings is 1. The number of rotatable bonds is 4. The van der Waals surface area contributed by atoms with Gasteiger partial charge in [0.15, 0.2) is 5.58 Å². The van der Waals surface area contributed by atoms with E-state index in [4.69, 9.17) is 19.4 Å². The average Bonchev–Trinajstić information content (AvgIpc) is 3.96. The van der Waals surface area contributed by atoms with Gasteiger partial charge in [0.2, 0.25) is 0 Å². The fraction of sp³-hybridized carbons (Fsp3) is 0.0588. The van der Waals surface area contributed by atoms with Crippen molar-refractivity contribution in [2.24, 2.45) is 0 Å². The van der Waals surface area contributed by atoms with Crippen molar-refractivity contribution in [2.45, 2.75) is 19.3 Å². The molecule has 0 atom stereocenters. The van der Waals surface area contributed by atoms with Crippen molar-refractivity contribution in [3.63, 3.8) is 0 Å². The number of pyridine rings is 1. The molecule has 0 amide bonds. The Balaban J connectivity index is 0.00000385. The molecule has 0 bridgehead atoms. The van der Waals surface area contributed by atoms with Crippen LogP contribution >= 0.6 is 0 Å². The van der Waals surface area contributed by atoms with E-state index in [1.54, 1.807) is 0 Å². The second-order valence-electron chi connectivity index (χ2n) is 15.3. The van der Waals surface area contributed by atoms with Crippen LogP contribution in [-0.2, 0) is 26.5 Å². The van der Waals surface area contributed by atoms with Crippen molar-refractivity contribution < 1.29 is 25.5 Å². The number of anilines is 3. The molecular weight excluding hydrogens is 894 g/mol. The number of nitrogens with zero attached hydrogens (tertiary/aromatic N) is 5. The third kappa shape index (κ3) is 4.88. The largest absolute Gasteiger partial charge is 2.00 e. The van der Waals surface area contributed by atoms with Crippen LogP contribution < -0.4 is 9.88 Å². The Morgan fingerprint density at radius 1 is 0.621 bits per heavy atom. The molecule has 0 N–H and O–H groups in total. The zero-order valence-corrected chi connectivity index (χ0v) is 33.8. The Kier molecular flexibility index (Phi) is 7.66. The first-order valence-corrected chi connectivity index (χ1v) is 19.3. The normalized spacial score (nSPS) is 13.3. The summed E-state index contributed by atoms with van der Waals surface area (Å²) < 4.78 is 8.94. The van der Waals surface area contributed by atoms with Gasteiger partial charge in [0.1, 0.15) is 17.2 Å². The Bertz CT molecular complexity index is 3410. The van der Waals surface area contributed by atoms with Gasteiger partial charge in [-0.15, -0.1) is 34.8 Å². The monoisotopic (exact) mass is 926 g/mol. The average molecular weight is 927 g/mol. The molecule has 6 nitrogen and oxygen atoms in total. The van der Waals surface area contributed by atoms with Gasteiger partial charge in [0.05, 0.1) is 16.7 Å². The Labute approximate surface area is 348 Å². The van der Waals surface area contributed by atoms with Crippen molar-refractivity contribution >= 4 is 72.0 Å². The standard InChI is InChI=1S/C51H33N5O.Pt/c1-51(2)38-20-5-7-22-41(38)55(46-26-9-10-29-52-46)44-30-31(27-28-39(44)51)32-16-12-23-42-48(32)54-50(37-19-11-17-35-33-14-3-6-21-40(33)53-47(35)37)56(42)43-24-13-18-36-34-15-4-8-25-45(34)57-49(36)43;/h3-29H,1-2H3;/q-2;+2. The number of aromatic nitrogens is 4. The van der Waals surface area contributed by atoms with E-state index in [0.717, 1.165) is 100 Å². The first-order valence-electron chi connectivity index (χ1n) is 19.3. The van der Waals surface area contributed by atoms with E-state index in [-0.39, 0.29) is 26.5 Å². The molecule has 5 heterocycles. The van der Waals surface area contributed by atoms with Gasteiger partial charge in [-0.2, -0.15) is 0 Å². The number of fused-ring (bicyclic) bond motifs is 9. The summed E-state index contributed by atoms with van der Waals surface area (Å²) in [7, 11) is 0. The molecule has 1 aliphatic rings. The molecule has 0 spiro atoms. The van der Waals surface area contributed by atoms with Crippen LogP contribution in [0.3, 0.4) is 0 Å². The van der Waals surface area contributed by atoms with Crippen LogP contribution in [-0.4, -0.2) is 14.5 Å². The van der Waals surface area contributed by atoms with Crippen LogP contribution in [0.4, 0.5) is 17.2 Å². The second kappa shape index (κ2) is 12.9. The molecule has 0 unspecified atom stereocenters. The zero-order chi connectivity index (χ0) is 37.8. The number of hydrogen-bond acceptors (Lipinski definition) is 4. The van der Waals surface area contributed by atoms with Crippen molar-refractivity contribution in [3.8, 4) is 28.2 Å². The van der Waals surface area contributed by atoms with Gasteiger partial charge in [-0.1, -0.05) is 134 Å². The van der Waals surface area contributed by atoms with Gasteiger partial charge in [-0.3, -0.25) is 4.57 Å². The van der Waals surface area contributed by atoms with Crippen molar-refractivity contribution in [1.29, 1.82) is 0 Å². The maximum Gasteiger partial charge on any atom is 2.00 e. The minimum absolute atomic E-state index is 0. The molecule has 278 valence electrons. The van der Waals surface area contributed by atoms with Crippen LogP contribution in [0.5, 0.6) is 0 Å². The summed E-state index contributed by atoms with van der Waals surface area (Å²) in [5.74, 6) is 1.64. The summed E-state index contributed by atoms with van der Waals surface area (Å²) in [6.07, 6.45) is 1.85. The molecule has 7 heteroatoms. The van der Waals surface area contributed by atoms with E-state index in [1.165, 1.54) is 11.1 Å². The van der Waals surface area contributed by atoms with E-state index in [0.29, 0.717) is 0 Å². The van der Waals surface area contributed by atoms with E-state index in [1.807, 2.05) is 36.5 Å². The molecule has 0 saturated heterocycles. The van der Waals surface area contributed by atoms with Crippen LogP contribution in [0.25, 0.3) is 83.0 Å². The van der Waals surface area contributed by atoms with Crippen molar-refractivity contribution in [1.82, 2.24) is 19.5 Å². The maximum absolute atomic E-state index is 6.68. The van der Waals surface area contributed by atoms with E-state index in [9.17, 15) is 0 Å². The molecule has 0 aliphatic carbocycles. The molecule has 4 aromatic heterocycles. The summed E-state index contributed by atoms with van der Waals surface area (Å²) >= 11 is 0. The first-order chi connectivity index (χ1) is 28.0. The summed E-state index contributed by atoms with van der Waals surface area (Å²) in [4.78, 5) is 17.9. The molecule has 12 rings (SSSR count). The number of hydrogen-bond donors (Lipinski definition) is 0. The third-order valence-electron chi connectivity index (χ3n) is 11.8. The molecule has 11 aromatic rings. The minimum Gasteiger partial charge on any atom is -0.656 e. The van der Waals surface area contributed by atoms with Crippen molar-refractivity contribution in [2.75, 3.05) is 4.90 Å². The Morgan fingerprint density at radius 2 is 1.34 bits per heavy atom. The van der Waals surface area contributed by atoms with Crippen LogP contribution in [0.15, 0.2) is 168 Å². The predicted octanol–water partition coefficient (Wildman–Crippen LogP) is 12.8. The molecule has 0 saturated carbocycles. The second-order valence-corrected chi connectivity index (χ2v) is 15.3. The number of para-hydroxylation sites is 6. The number of benzene rings is 7. The molecule has 7 aromatic carbocycles. The quantitative estimate of drug-likeness (QED) is 0.165. The summed E-state index contributed by atoms with van der Waals surface area (Å²) in [5.41, 5.74) is 13.4. The van der Waals surface area contributed by atoms with Gasteiger partial charge in [0, 0.05) is 28.2 Å². The molecular formula is C51H33N5OPt. The van der Waals surface area contributed by atoms with Crippen molar-refractivity contribution in [3.05, 3.63) is 181 Å². The topological polar surface area (TPSA) is 61.2 Å². The van der Waals surface area contributed by atoms with E-state index in [2.05, 4.69) is 157 Å².